The second kappa shape index (κ2) is 9.56. The zero-order chi connectivity index (χ0) is 19.8. The molecule has 27 heavy (non-hydrogen) atoms. The Kier molecular flexibility index (Phi) is 7.16. The van der Waals surface area contributed by atoms with Crippen molar-refractivity contribution in [1.82, 2.24) is 5.32 Å². The highest BCUT2D eigenvalue weighted by Gasteiger charge is 2.11. The van der Waals surface area contributed by atoms with Crippen LogP contribution < -0.4 is 20.1 Å². The van der Waals surface area contributed by atoms with Crippen molar-refractivity contribution < 1.29 is 23.5 Å². The summed E-state index contributed by atoms with van der Waals surface area (Å²) >= 11 is 0. The number of anilines is 1. The highest BCUT2D eigenvalue weighted by Crippen LogP contribution is 2.27. The Balaban J connectivity index is 1.80. The molecule has 0 aliphatic carbocycles. The molecule has 0 atom stereocenters. The van der Waals surface area contributed by atoms with E-state index < -0.39 is 11.7 Å². The number of ether oxygens (including phenoxy) is 2. The number of nitrogens with one attached hydrogen (secondary N) is 2. The summed E-state index contributed by atoms with van der Waals surface area (Å²) in [6, 6.07) is 9.79. The molecule has 0 aliphatic rings. The molecule has 2 N–H and O–H groups in total. The maximum atomic E-state index is 13.6. The number of rotatable bonds is 8. The SMILES string of the molecule is COc1ccc(CNC(=O)CCC(=O)Nc2cc(C)ccc2F)cc1OC. The molecule has 7 heteroatoms. The molecule has 0 aromatic heterocycles. The Morgan fingerprint density at radius 3 is 2.37 bits per heavy atom. The van der Waals surface area contributed by atoms with E-state index in [9.17, 15) is 14.0 Å². The van der Waals surface area contributed by atoms with Gasteiger partial charge < -0.3 is 20.1 Å². The predicted molar refractivity (Wildman–Crippen MR) is 100 cm³/mol. The summed E-state index contributed by atoms with van der Waals surface area (Å²) in [5.74, 6) is -0.0197. The van der Waals surface area contributed by atoms with Crippen LogP contribution in [0.3, 0.4) is 0 Å². The Bertz CT molecular complexity index is 824. The van der Waals surface area contributed by atoms with E-state index in [1.54, 1.807) is 38.3 Å². The fourth-order valence-electron chi connectivity index (χ4n) is 2.45. The van der Waals surface area contributed by atoms with Crippen LogP contribution in [0.4, 0.5) is 10.1 Å². The summed E-state index contributed by atoms with van der Waals surface area (Å²) in [6.45, 7) is 2.10. The standard InChI is InChI=1S/C20H23FN2O4/c1-13-4-6-15(21)16(10-13)23-20(25)9-8-19(24)22-12-14-5-7-17(26-2)18(11-14)27-3/h4-7,10-11H,8-9,12H2,1-3H3,(H,22,24)(H,23,25). The van der Waals surface area contributed by atoms with Crippen molar-refractivity contribution in [1.29, 1.82) is 0 Å². The first-order valence-corrected chi connectivity index (χ1v) is 8.46. The number of amides is 2. The monoisotopic (exact) mass is 374 g/mol. The van der Waals surface area contributed by atoms with Crippen LogP contribution in [-0.2, 0) is 16.1 Å². The van der Waals surface area contributed by atoms with Crippen molar-refractivity contribution in [3.8, 4) is 11.5 Å². The Morgan fingerprint density at radius 2 is 1.67 bits per heavy atom. The molecule has 0 saturated heterocycles. The Hall–Kier alpha value is -3.09. The highest BCUT2D eigenvalue weighted by molar-refractivity contribution is 5.93. The number of carbonyl (C=O) groups excluding carboxylic acids is 2. The molecule has 0 heterocycles. The van der Waals surface area contributed by atoms with Gasteiger partial charge in [-0.15, -0.1) is 0 Å². The number of carbonyl (C=O) groups is 2. The molecule has 2 aromatic carbocycles. The van der Waals surface area contributed by atoms with Gasteiger partial charge in [0.1, 0.15) is 5.82 Å². The number of benzene rings is 2. The van der Waals surface area contributed by atoms with Gasteiger partial charge in [-0.25, -0.2) is 4.39 Å². The molecule has 0 radical (unpaired) electrons. The van der Waals surface area contributed by atoms with Gasteiger partial charge in [0, 0.05) is 19.4 Å². The summed E-state index contributed by atoms with van der Waals surface area (Å²) in [6.07, 6.45) is -0.0301. The maximum absolute atomic E-state index is 13.6. The highest BCUT2D eigenvalue weighted by atomic mass is 19.1. The molecule has 2 aromatic rings. The van der Waals surface area contributed by atoms with Crippen molar-refractivity contribution in [2.75, 3.05) is 19.5 Å². The van der Waals surface area contributed by atoms with E-state index in [0.717, 1.165) is 11.1 Å². The normalized spacial score (nSPS) is 10.2. The third kappa shape index (κ3) is 5.99. The van der Waals surface area contributed by atoms with Crippen LogP contribution in [-0.4, -0.2) is 26.0 Å². The zero-order valence-electron chi connectivity index (χ0n) is 15.6. The number of aryl methyl sites for hydroxylation is 1. The number of hydrogen-bond acceptors (Lipinski definition) is 4. The van der Waals surface area contributed by atoms with Crippen LogP contribution in [0.5, 0.6) is 11.5 Å². The molecule has 6 nitrogen and oxygen atoms in total. The lowest BCUT2D eigenvalue weighted by molar-refractivity contribution is -0.124. The molecular formula is C20H23FN2O4. The molecule has 0 saturated carbocycles. The molecule has 2 rings (SSSR count). The molecule has 144 valence electrons. The lowest BCUT2D eigenvalue weighted by Gasteiger charge is -2.10. The molecule has 2 amide bonds. The molecular weight excluding hydrogens is 351 g/mol. The lowest BCUT2D eigenvalue weighted by atomic mass is 10.2. The van der Waals surface area contributed by atoms with E-state index in [4.69, 9.17) is 9.47 Å². The first-order valence-electron chi connectivity index (χ1n) is 8.46. The fourth-order valence-corrected chi connectivity index (χ4v) is 2.45. The molecule has 0 bridgehead atoms. The van der Waals surface area contributed by atoms with E-state index in [2.05, 4.69) is 10.6 Å². The van der Waals surface area contributed by atoms with Gasteiger partial charge in [-0.2, -0.15) is 0 Å². The largest absolute Gasteiger partial charge is 0.493 e. The average molecular weight is 374 g/mol. The third-order valence-electron chi connectivity index (χ3n) is 3.91. The van der Waals surface area contributed by atoms with Crippen molar-refractivity contribution in [2.24, 2.45) is 0 Å². The summed E-state index contributed by atoms with van der Waals surface area (Å²) in [7, 11) is 3.09. The molecule has 0 aliphatic heterocycles. The van der Waals surface area contributed by atoms with Crippen LogP contribution in [0.25, 0.3) is 0 Å². The molecule has 0 fully saturated rings. The summed E-state index contributed by atoms with van der Waals surface area (Å²) in [4.78, 5) is 23.9. The predicted octanol–water partition coefficient (Wildman–Crippen LogP) is 3.19. The van der Waals surface area contributed by atoms with E-state index in [0.29, 0.717) is 18.0 Å². The number of hydrogen-bond donors (Lipinski definition) is 2. The van der Waals surface area contributed by atoms with Crippen LogP contribution in [0.15, 0.2) is 36.4 Å². The zero-order valence-corrected chi connectivity index (χ0v) is 15.6. The van der Waals surface area contributed by atoms with Gasteiger partial charge >= 0.3 is 0 Å². The lowest BCUT2D eigenvalue weighted by Crippen LogP contribution is -2.24. The Morgan fingerprint density at radius 1 is 0.963 bits per heavy atom. The first kappa shape index (κ1) is 20.2. The third-order valence-corrected chi connectivity index (χ3v) is 3.91. The number of halogens is 1. The van der Waals surface area contributed by atoms with E-state index in [-0.39, 0.29) is 24.4 Å². The van der Waals surface area contributed by atoms with Gasteiger partial charge in [0.25, 0.3) is 0 Å². The van der Waals surface area contributed by atoms with Crippen LogP contribution in [0, 0.1) is 12.7 Å². The maximum Gasteiger partial charge on any atom is 0.224 e. The minimum Gasteiger partial charge on any atom is -0.493 e. The second-order valence-corrected chi connectivity index (χ2v) is 6.00. The second-order valence-electron chi connectivity index (χ2n) is 6.00. The van der Waals surface area contributed by atoms with Crippen molar-refractivity contribution >= 4 is 17.5 Å². The summed E-state index contributed by atoms with van der Waals surface area (Å²) in [5, 5.41) is 5.22. The topological polar surface area (TPSA) is 76.7 Å². The summed E-state index contributed by atoms with van der Waals surface area (Å²) in [5.41, 5.74) is 1.79. The van der Waals surface area contributed by atoms with Gasteiger partial charge in [0.2, 0.25) is 11.8 Å². The van der Waals surface area contributed by atoms with Crippen LogP contribution in [0.1, 0.15) is 24.0 Å². The van der Waals surface area contributed by atoms with E-state index in [1.807, 2.05) is 6.07 Å². The number of methoxy groups -OCH3 is 2. The van der Waals surface area contributed by atoms with Gasteiger partial charge in [-0.05, 0) is 42.3 Å². The van der Waals surface area contributed by atoms with Crippen LogP contribution >= 0.6 is 0 Å². The van der Waals surface area contributed by atoms with Gasteiger partial charge in [-0.1, -0.05) is 12.1 Å². The quantitative estimate of drug-likeness (QED) is 0.744. The average Bonchev–Trinajstić information content (AvgIpc) is 2.67. The van der Waals surface area contributed by atoms with E-state index in [1.165, 1.54) is 13.2 Å². The smallest absolute Gasteiger partial charge is 0.224 e. The molecule has 0 unspecified atom stereocenters. The van der Waals surface area contributed by atoms with Crippen molar-refractivity contribution in [2.45, 2.75) is 26.3 Å². The van der Waals surface area contributed by atoms with Crippen molar-refractivity contribution in [3.05, 3.63) is 53.3 Å². The van der Waals surface area contributed by atoms with Crippen molar-refractivity contribution in [3.63, 3.8) is 0 Å². The minimum atomic E-state index is -0.508. The van der Waals surface area contributed by atoms with Gasteiger partial charge in [0.05, 0.1) is 19.9 Å². The fraction of sp³-hybridized carbons (Fsp3) is 0.300. The van der Waals surface area contributed by atoms with Gasteiger partial charge in [0.15, 0.2) is 11.5 Å². The van der Waals surface area contributed by atoms with Gasteiger partial charge in [-0.3, -0.25) is 9.59 Å². The molecule has 0 spiro atoms. The van der Waals surface area contributed by atoms with Crippen LogP contribution in [0.2, 0.25) is 0 Å². The Labute approximate surface area is 157 Å². The summed E-state index contributed by atoms with van der Waals surface area (Å²) < 4.78 is 24.0. The minimum absolute atomic E-state index is 0.00651. The van der Waals surface area contributed by atoms with E-state index >= 15 is 0 Å². The first-order chi connectivity index (χ1) is 12.9.